The molecule has 6 rings (SSSR count). The van der Waals surface area contributed by atoms with Crippen LogP contribution in [0, 0.1) is 11.7 Å². The number of pyridine rings is 1. The maximum absolute atomic E-state index is 14.1. The molecular weight excluding hydrogens is 575 g/mol. The molecule has 2 unspecified atom stereocenters. The predicted molar refractivity (Wildman–Crippen MR) is 169 cm³/mol. The number of amides is 3. The lowest BCUT2D eigenvalue weighted by atomic mass is 9.86. The minimum Gasteiger partial charge on any atom is -0.366 e. The van der Waals surface area contributed by atoms with Crippen LogP contribution in [-0.4, -0.2) is 40.7 Å². The quantitative estimate of drug-likeness (QED) is 0.259. The molecular formula is C35H35FN4O3S. The molecule has 4 aromatic rings. The standard InChI is InChI=1S/C35H35FN4O3S/c1-19(2)16-26-30(33(37)41)32(28-14-15-29(44-28)34(42)39-25-13-10-21-6-4-5-7-24(21)25)31-27(38-26)18-23(40(3)35(31)43)17-20-8-11-22(36)12-9-20/h4-9,11-12,14-15,19,23,25H,10,13,16-18H2,1-3H3,(H2,37,41)(H,39,42). The Labute approximate surface area is 260 Å². The van der Waals surface area contributed by atoms with Crippen molar-refractivity contribution < 1.29 is 18.8 Å². The fourth-order valence-corrected chi connectivity index (χ4v) is 7.41. The van der Waals surface area contributed by atoms with Gasteiger partial charge in [-0.05, 0) is 72.6 Å². The Morgan fingerprint density at radius 2 is 1.84 bits per heavy atom. The molecule has 3 amide bonds. The number of carbonyl (C=O) groups excluding carboxylic acids is 3. The second-order valence-electron chi connectivity index (χ2n) is 12.1. The third kappa shape index (κ3) is 5.64. The van der Waals surface area contributed by atoms with Gasteiger partial charge in [0.25, 0.3) is 17.7 Å². The highest BCUT2D eigenvalue weighted by atomic mass is 32.1. The van der Waals surface area contributed by atoms with Crippen LogP contribution < -0.4 is 11.1 Å². The van der Waals surface area contributed by atoms with Crippen molar-refractivity contribution in [3.8, 4) is 10.4 Å². The van der Waals surface area contributed by atoms with Gasteiger partial charge in [0, 0.05) is 30.0 Å². The van der Waals surface area contributed by atoms with Gasteiger partial charge in [0.05, 0.1) is 33.4 Å². The number of aromatic nitrogens is 1. The molecule has 226 valence electrons. The van der Waals surface area contributed by atoms with Gasteiger partial charge < -0.3 is 16.0 Å². The smallest absolute Gasteiger partial charge is 0.261 e. The van der Waals surface area contributed by atoms with E-state index in [4.69, 9.17) is 10.7 Å². The number of nitrogens with one attached hydrogen (secondary N) is 1. The number of nitrogens with two attached hydrogens (primary N) is 1. The molecule has 1 aliphatic carbocycles. The van der Waals surface area contributed by atoms with Crippen molar-refractivity contribution in [1.29, 1.82) is 0 Å². The largest absolute Gasteiger partial charge is 0.366 e. The maximum Gasteiger partial charge on any atom is 0.261 e. The number of hydrogen-bond donors (Lipinski definition) is 2. The number of nitrogens with zero attached hydrogens (tertiary/aromatic N) is 2. The van der Waals surface area contributed by atoms with Gasteiger partial charge in [0.15, 0.2) is 0 Å². The van der Waals surface area contributed by atoms with Crippen LogP contribution in [0.5, 0.6) is 0 Å². The first-order chi connectivity index (χ1) is 21.1. The van der Waals surface area contributed by atoms with Crippen molar-refractivity contribution in [1.82, 2.24) is 15.2 Å². The monoisotopic (exact) mass is 610 g/mol. The van der Waals surface area contributed by atoms with Crippen LogP contribution >= 0.6 is 11.3 Å². The lowest BCUT2D eigenvalue weighted by Crippen LogP contribution is -2.45. The molecule has 3 N–H and O–H groups in total. The summed E-state index contributed by atoms with van der Waals surface area (Å²) in [6.07, 6.45) is 3.25. The maximum atomic E-state index is 14.1. The SMILES string of the molecule is CC(C)Cc1nc2c(c(-c3ccc(C(=O)NC4CCc5ccccc54)s3)c1C(N)=O)C(=O)N(C)C(Cc1ccc(F)cc1)C2. The zero-order chi connectivity index (χ0) is 31.1. The molecule has 0 spiro atoms. The van der Waals surface area contributed by atoms with E-state index in [1.165, 1.54) is 29.0 Å². The summed E-state index contributed by atoms with van der Waals surface area (Å²) in [6, 6.07) is 17.7. The van der Waals surface area contributed by atoms with Gasteiger partial charge in [-0.3, -0.25) is 19.4 Å². The Bertz CT molecular complexity index is 1760. The number of halogens is 1. The molecule has 2 aliphatic rings. The molecule has 1 aliphatic heterocycles. The fraction of sp³-hybridized carbons (Fsp3) is 0.314. The Morgan fingerprint density at radius 1 is 1.09 bits per heavy atom. The van der Waals surface area contributed by atoms with Gasteiger partial charge in [0.2, 0.25) is 0 Å². The molecule has 0 saturated carbocycles. The highest BCUT2D eigenvalue weighted by Gasteiger charge is 2.37. The number of aryl methyl sites for hydroxylation is 1. The van der Waals surface area contributed by atoms with Crippen molar-refractivity contribution in [2.45, 2.75) is 58.0 Å². The number of likely N-dealkylation sites (N-methyl/N-ethyl adjacent to an activating group) is 1. The zero-order valence-electron chi connectivity index (χ0n) is 25.0. The number of carbonyl (C=O) groups is 3. The average molecular weight is 611 g/mol. The molecule has 0 bridgehead atoms. The van der Waals surface area contributed by atoms with Gasteiger partial charge in [0.1, 0.15) is 5.82 Å². The summed E-state index contributed by atoms with van der Waals surface area (Å²) >= 11 is 1.24. The molecule has 2 aromatic carbocycles. The lowest BCUT2D eigenvalue weighted by Gasteiger charge is -2.35. The predicted octanol–water partition coefficient (Wildman–Crippen LogP) is 5.90. The molecule has 2 aromatic heterocycles. The van der Waals surface area contributed by atoms with Crippen LogP contribution in [0.15, 0.2) is 60.7 Å². The van der Waals surface area contributed by atoms with E-state index in [9.17, 15) is 18.8 Å². The minimum absolute atomic E-state index is 0.0648. The molecule has 44 heavy (non-hydrogen) atoms. The summed E-state index contributed by atoms with van der Waals surface area (Å²) in [4.78, 5) is 48.2. The Kier molecular flexibility index (Phi) is 8.07. The van der Waals surface area contributed by atoms with Crippen LogP contribution in [0.4, 0.5) is 4.39 Å². The minimum atomic E-state index is -0.656. The summed E-state index contributed by atoms with van der Waals surface area (Å²) < 4.78 is 13.5. The van der Waals surface area contributed by atoms with Crippen molar-refractivity contribution in [2.75, 3.05) is 7.05 Å². The van der Waals surface area contributed by atoms with Crippen molar-refractivity contribution in [3.63, 3.8) is 0 Å². The Morgan fingerprint density at radius 3 is 2.57 bits per heavy atom. The first kappa shape index (κ1) is 29.7. The van der Waals surface area contributed by atoms with Crippen molar-refractivity contribution >= 4 is 29.1 Å². The molecule has 7 nitrogen and oxygen atoms in total. The third-order valence-electron chi connectivity index (χ3n) is 8.60. The second kappa shape index (κ2) is 12.0. The van der Waals surface area contributed by atoms with Gasteiger partial charge in [-0.1, -0.05) is 50.2 Å². The summed E-state index contributed by atoms with van der Waals surface area (Å²) in [5.74, 6) is -1.25. The molecule has 0 fully saturated rings. The number of thiophene rings is 1. The highest BCUT2D eigenvalue weighted by molar-refractivity contribution is 7.17. The number of primary amides is 1. The second-order valence-corrected chi connectivity index (χ2v) is 13.2. The van der Waals surface area contributed by atoms with Crippen LogP contribution in [0.3, 0.4) is 0 Å². The van der Waals surface area contributed by atoms with E-state index in [2.05, 4.69) is 17.4 Å². The van der Waals surface area contributed by atoms with Gasteiger partial charge in [-0.2, -0.15) is 0 Å². The summed E-state index contributed by atoms with van der Waals surface area (Å²) in [7, 11) is 1.74. The lowest BCUT2D eigenvalue weighted by molar-refractivity contribution is 0.0704. The summed E-state index contributed by atoms with van der Waals surface area (Å²) in [5, 5.41) is 3.17. The third-order valence-corrected chi connectivity index (χ3v) is 9.71. The van der Waals surface area contributed by atoms with E-state index in [1.807, 2.05) is 26.0 Å². The molecule has 2 atom stereocenters. The Balaban J connectivity index is 1.39. The van der Waals surface area contributed by atoms with Gasteiger partial charge >= 0.3 is 0 Å². The van der Waals surface area contributed by atoms with Crippen LogP contribution in [-0.2, 0) is 25.7 Å². The van der Waals surface area contributed by atoms with Gasteiger partial charge in [-0.25, -0.2) is 4.39 Å². The average Bonchev–Trinajstić information content (AvgIpc) is 3.64. The van der Waals surface area contributed by atoms with Crippen molar-refractivity contribution in [3.05, 3.63) is 111 Å². The Hall–Kier alpha value is -4.37. The van der Waals surface area contributed by atoms with E-state index in [-0.39, 0.29) is 41.2 Å². The molecule has 0 saturated heterocycles. The topological polar surface area (TPSA) is 105 Å². The van der Waals surface area contributed by atoms with E-state index in [0.717, 1.165) is 24.0 Å². The highest BCUT2D eigenvalue weighted by Crippen LogP contribution is 2.40. The number of benzene rings is 2. The first-order valence-electron chi connectivity index (χ1n) is 15.0. The van der Waals surface area contributed by atoms with Crippen LogP contribution in [0.2, 0.25) is 0 Å². The van der Waals surface area contributed by atoms with E-state index < -0.39 is 5.91 Å². The molecule has 3 heterocycles. The van der Waals surface area contributed by atoms with E-state index in [1.54, 1.807) is 36.2 Å². The van der Waals surface area contributed by atoms with Crippen LogP contribution in [0.1, 0.15) is 84.8 Å². The normalized spacial score (nSPS) is 17.5. The number of fused-ring (bicyclic) bond motifs is 2. The number of rotatable bonds is 8. The molecule has 0 radical (unpaired) electrons. The van der Waals surface area contributed by atoms with E-state index >= 15 is 0 Å². The summed E-state index contributed by atoms with van der Waals surface area (Å²) in [5.41, 5.74) is 11.5. The van der Waals surface area contributed by atoms with E-state index in [0.29, 0.717) is 51.5 Å². The number of hydrogen-bond acceptors (Lipinski definition) is 5. The first-order valence-corrected chi connectivity index (χ1v) is 15.8. The van der Waals surface area contributed by atoms with Crippen molar-refractivity contribution in [2.24, 2.45) is 11.7 Å². The fourth-order valence-electron chi connectivity index (χ4n) is 6.45. The zero-order valence-corrected chi connectivity index (χ0v) is 25.8. The van der Waals surface area contributed by atoms with Crippen LogP contribution in [0.25, 0.3) is 10.4 Å². The van der Waals surface area contributed by atoms with Gasteiger partial charge in [-0.15, -0.1) is 11.3 Å². The molecule has 9 heteroatoms. The summed E-state index contributed by atoms with van der Waals surface area (Å²) in [6.45, 7) is 4.08.